The van der Waals surface area contributed by atoms with E-state index in [0.29, 0.717) is 5.82 Å². The largest absolute Gasteiger partial charge is 0.360 e. The quantitative estimate of drug-likeness (QED) is 0.903. The fraction of sp³-hybridized carbons (Fsp3) is 0.417. The molecule has 2 rings (SSSR count). The summed E-state index contributed by atoms with van der Waals surface area (Å²) < 4.78 is 4.34. The Kier molecular flexibility index (Phi) is 3.68. The molecule has 1 N–H and O–H groups in total. The standard InChI is InChI=1S/C12H16N4S/c1-4-5-13-12-15-11(16-17-12)10-9(3)6-8(2)7-14-10/h6-7H,4-5H2,1-3H3,(H,13,15,16). The van der Waals surface area contributed by atoms with Crippen LogP contribution in [-0.2, 0) is 0 Å². The van der Waals surface area contributed by atoms with Gasteiger partial charge in [-0.2, -0.15) is 9.36 Å². The maximum atomic E-state index is 4.44. The zero-order chi connectivity index (χ0) is 12.3. The van der Waals surface area contributed by atoms with E-state index >= 15 is 0 Å². The first-order valence-electron chi connectivity index (χ1n) is 5.72. The molecule has 0 atom stereocenters. The molecule has 4 nitrogen and oxygen atoms in total. The lowest BCUT2D eigenvalue weighted by molar-refractivity contribution is 0.976. The molecule has 0 amide bonds. The zero-order valence-corrected chi connectivity index (χ0v) is 11.1. The van der Waals surface area contributed by atoms with Gasteiger partial charge in [-0.05, 0) is 31.4 Å². The van der Waals surface area contributed by atoms with Crippen molar-refractivity contribution in [2.45, 2.75) is 27.2 Å². The summed E-state index contributed by atoms with van der Waals surface area (Å²) in [5.41, 5.74) is 3.15. The molecule has 0 radical (unpaired) electrons. The third-order valence-corrected chi connectivity index (χ3v) is 3.05. The minimum absolute atomic E-state index is 0.714. The van der Waals surface area contributed by atoms with Crippen molar-refractivity contribution >= 4 is 16.7 Å². The minimum atomic E-state index is 0.714. The molecule has 0 aliphatic carbocycles. The molecular weight excluding hydrogens is 232 g/mol. The van der Waals surface area contributed by atoms with Crippen LogP contribution in [0.25, 0.3) is 11.5 Å². The first-order valence-corrected chi connectivity index (χ1v) is 6.49. The average Bonchev–Trinajstić information content (AvgIpc) is 2.75. The molecule has 0 aromatic carbocycles. The Hall–Kier alpha value is -1.49. The number of aromatic nitrogens is 3. The molecule has 2 heterocycles. The fourth-order valence-electron chi connectivity index (χ4n) is 1.57. The Balaban J connectivity index is 2.24. The van der Waals surface area contributed by atoms with Gasteiger partial charge in [-0.1, -0.05) is 13.0 Å². The van der Waals surface area contributed by atoms with E-state index in [-0.39, 0.29) is 0 Å². The van der Waals surface area contributed by atoms with Gasteiger partial charge in [-0.25, -0.2) is 0 Å². The van der Waals surface area contributed by atoms with E-state index in [9.17, 15) is 0 Å². The van der Waals surface area contributed by atoms with Crippen LogP contribution in [0.15, 0.2) is 12.3 Å². The highest BCUT2D eigenvalue weighted by Gasteiger charge is 2.10. The van der Waals surface area contributed by atoms with Crippen molar-refractivity contribution in [2.75, 3.05) is 11.9 Å². The molecule has 0 bridgehead atoms. The summed E-state index contributed by atoms with van der Waals surface area (Å²) >= 11 is 1.39. The van der Waals surface area contributed by atoms with Crippen LogP contribution in [0, 0.1) is 13.8 Å². The number of aryl methyl sites for hydroxylation is 2. The topological polar surface area (TPSA) is 50.7 Å². The number of hydrogen-bond donors (Lipinski definition) is 1. The van der Waals surface area contributed by atoms with Gasteiger partial charge in [0.15, 0.2) is 5.82 Å². The predicted molar refractivity (Wildman–Crippen MR) is 71.4 cm³/mol. The Morgan fingerprint density at radius 1 is 1.35 bits per heavy atom. The second-order valence-electron chi connectivity index (χ2n) is 4.03. The summed E-state index contributed by atoms with van der Waals surface area (Å²) in [6.07, 6.45) is 2.93. The summed E-state index contributed by atoms with van der Waals surface area (Å²) in [5.74, 6) is 0.714. The molecule has 0 saturated carbocycles. The lowest BCUT2D eigenvalue weighted by Crippen LogP contribution is -1.99. The molecule has 2 aromatic heterocycles. The van der Waals surface area contributed by atoms with E-state index in [0.717, 1.165) is 34.9 Å². The lowest BCUT2D eigenvalue weighted by Gasteiger charge is -2.01. The van der Waals surface area contributed by atoms with Crippen LogP contribution >= 0.6 is 11.5 Å². The average molecular weight is 248 g/mol. The summed E-state index contributed by atoms with van der Waals surface area (Å²) in [6, 6.07) is 2.10. The van der Waals surface area contributed by atoms with Crippen molar-refractivity contribution in [3.8, 4) is 11.5 Å². The predicted octanol–water partition coefficient (Wildman–Crippen LogP) is 3.04. The number of nitrogens with zero attached hydrogens (tertiary/aromatic N) is 3. The molecule has 0 spiro atoms. The van der Waals surface area contributed by atoms with E-state index in [1.54, 1.807) is 0 Å². The van der Waals surface area contributed by atoms with Gasteiger partial charge in [-0.3, -0.25) is 4.98 Å². The van der Waals surface area contributed by atoms with Crippen LogP contribution in [0.5, 0.6) is 0 Å². The maximum absolute atomic E-state index is 4.44. The van der Waals surface area contributed by atoms with Crippen molar-refractivity contribution in [3.05, 3.63) is 23.4 Å². The normalized spacial score (nSPS) is 10.5. The van der Waals surface area contributed by atoms with Crippen LogP contribution in [0.2, 0.25) is 0 Å². The summed E-state index contributed by atoms with van der Waals surface area (Å²) in [6.45, 7) is 7.12. The highest BCUT2D eigenvalue weighted by atomic mass is 32.1. The van der Waals surface area contributed by atoms with Crippen molar-refractivity contribution in [3.63, 3.8) is 0 Å². The van der Waals surface area contributed by atoms with Gasteiger partial charge < -0.3 is 5.32 Å². The van der Waals surface area contributed by atoms with Crippen molar-refractivity contribution in [1.82, 2.24) is 14.3 Å². The zero-order valence-electron chi connectivity index (χ0n) is 10.3. The monoisotopic (exact) mass is 248 g/mol. The van der Waals surface area contributed by atoms with Gasteiger partial charge in [0.1, 0.15) is 5.69 Å². The Bertz CT molecular complexity index is 507. The summed E-state index contributed by atoms with van der Waals surface area (Å²) in [5, 5.41) is 4.10. The van der Waals surface area contributed by atoms with Gasteiger partial charge in [0.25, 0.3) is 0 Å². The fourth-order valence-corrected chi connectivity index (χ4v) is 2.17. The first kappa shape index (κ1) is 12.0. The van der Waals surface area contributed by atoms with Gasteiger partial charge in [-0.15, -0.1) is 0 Å². The Morgan fingerprint density at radius 2 is 2.18 bits per heavy atom. The van der Waals surface area contributed by atoms with Crippen molar-refractivity contribution in [1.29, 1.82) is 0 Å². The summed E-state index contributed by atoms with van der Waals surface area (Å²) in [4.78, 5) is 8.84. The molecule has 0 saturated heterocycles. The molecule has 17 heavy (non-hydrogen) atoms. The van der Waals surface area contributed by atoms with Crippen LogP contribution in [0.3, 0.4) is 0 Å². The molecule has 90 valence electrons. The smallest absolute Gasteiger partial charge is 0.202 e. The van der Waals surface area contributed by atoms with Gasteiger partial charge >= 0.3 is 0 Å². The number of hydrogen-bond acceptors (Lipinski definition) is 5. The van der Waals surface area contributed by atoms with Gasteiger partial charge in [0.05, 0.1) is 0 Å². The second-order valence-corrected chi connectivity index (χ2v) is 4.78. The third kappa shape index (κ3) is 2.79. The number of nitrogens with one attached hydrogen (secondary N) is 1. The maximum Gasteiger partial charge on any atom is 0.202 e. The van der Waals surface area contributed by atoms with Gasteiger partial charge in [0.2, 0.25) is 5.13 Å². The van der Waals surface area contributed by atoms with Crippen LogP contribution < -0.4 is 5.32 Å². The highest BCUT2D eigenvalue weighted by Crippen LogP contribution is 2.22. The molecule has 5 heteroatoms. The minimum Gasteiger partial charge on any atom is -0.360 e. The molecule has 2 aromatic rings. The first-order chi connectivity index (χ1) is 8.20. The molecular formula is C12H16N4S. The van der Waals surface area contributed by atoms with Crippen molar-refractivity contribution < 1.29 is 0 Å². The van der Waals surface area contributed by atoms with Crippen LogP contribution in [0.4, 0.5) is 5.13 Å². The molecule has 0 aliphatic heterocycles. The lowest BCUT2D eigenvalue weighted by atomic mass is 10.1. The van der Waals surface area contributed by atoms with Gasteiger partial charge in [0, 0.05) is 24.3 Å². The van der Waals surface area contributed by atoms with E-state index in [2.05, 4.69) is 32.6 Å². The summed E-state index contributed by atoms with van der Waals surface area (Å²) in [7, 11) is 0. The molecule has 0 aliphatic rings. The molecule has 0 unspecified atom stereocenters. The Labute approximate surface area is 105 Å². The second kappa shape index (κ2) is 5.23. The van der Waals surface area contributed by atoms with E-state index in [1.165, 1.54) is 11.5 Å². The number of anilines is 1. The Morgan fingerprint density at radius 3 is 2.88 bits per heavy atom. The van der Waals surface area contributed by atoms with E-state index < -0.39 is 0 Å². The molecule has 0 fully saturated rings. The highest BCUT2D eigenvalue weighted by molar-refractivity contribution is 7.09. The van der Waals surface area contributed by atoms with Crippen LogP contribution in [0.1, 0.15) is 24.5 Å². The number of rotatable bonds is 4. The number of pyridine rings is 1. The SMILES string of the molecule is CCCNc1nc(-c2ncc(C)cc2C)ns1. The third-order valence-electron chi connectivity index (χ3n) is 2.38. The van der Waals surface area contributed by atoms with E-state index in [4.69, 9.17) is 0 Å². The van der Waals surface area contributed by atoms with Crippen molar-refractivity contribution in [2.24, 2.45) is 0 Å². The van der Waals surface area contributed by atoms with E-state index in [1.807, 2.05) is 20.0 Å². The van der Waals surface area contributed by atoms with Crippen LogP contribution in [-0.4, -0.2) is 20.9 Å².